The number of hydrogen-bond donors (Lipinski definition) is 2. The fraction of sp³-hybridized carbons (Fsp3) is 0.235. The summed E-state index contributed by atoms with van der Waals surface area (Å²) >= 11 is 12.0. The van der Waals surface area contributed by atoms with Gasteiger partial charge in [0.05, 0.1) is 22.3 Å². The lowest BCUT2D eigenvalue weighted by Crippen LogP contribution is -2.22. The number of nitrogens with one attached hydrogen (secondary N) is 2. The molecular weight excluding hydrogens is 319 g/mol. The van der Waals surface area contributed by atoms with E-state index in [0.717, 1.165) is 5.69 Å². The van der Waals surface area contributed by atoms with Crippen molar-refractivity contribution in [2.45, 2.75) is 19.8 Å². The molecule has 0 aliphatic carbocycles. The lowest BCUT2D eigenvalue weighted by molar-refractivity contribution is -0.114. The van der Waals surface area contributed by atoms with Crippen molar-refractivity contribution in [3.05, 3.63) is 58.1 Å². The Balaban J connectivity index is 1.93. The largest absolute Gasteiger partial charge is 0.376 e. The third kappa shape index (κ3) is 4.39. The van der Waals surface area contributed by atoms with Crippen molar-refractivity contribution in [3.63, 3.8) is 0 Å². The van der Waals surface area contributed by atoms with Crippen LogP contribution in [0.15, 0.2) is 42.5 Å². The third-order valence-electron chi connectivity index (χ3n) is 3.26. The van der Waals surface area contributed by atoms with Crippen molar-refractivity contribution in [2.75, 3.05) is 17.2 Å². The highest BCUT2D eigenvalue weighted by molar-refractivity contribution is 6.39. The van der Waals surface area contributed by atoms with Crippen LogP contribution in [0, 0.1) is 0 Å². The third-order valence-corrected chi connectivity index (χ3v) is 3.89. The molecule has 0 aliphatic heterocycles. The molecule has 0 aliphatic rings. The molecule has 2 N–H and O–H groups in total. The van der Waals surface area contributed by atoms with Gasteiger partial charge in [0.15, 0.2) is 0 Å². The highest BCUT2D eigenvalue weighted by Crippen LogP contribution is 2.29. The average Bonchev–Trinajstić information content (AvgIpc) is 2.49. The zero-order valence-corrected chi connectivity index (χ0v) is 14.0. The number of amides is 1. The molecule has 0 saturated carbocycles. The maximum absolute atomic E-state index is 12.0. The number of carbonyl (C=O) groups is 1. The normalized spacial score (nSPS) is 10.6. The molecular formula is C17H18Cl2N2O. The van der Waals surface area contributed by atoms with Crippen LogP contribution in [-0.2, 0) is 4.79 Å². The maximum atomic E-state index is 12.0. The fourth-order valence-electron chi connectivity index (χ4n) is 1.97. The molecule has 2 rings (SSSR count). The van der Waals surface area contributed by atoms with Gasteiger partial charge in [-0.15, -0.1) is 0 Å². The van der Waals surface area contributed by atoms with E-state index < -0.39 is 0 Å². The molecule has 0 fully saturated rings. The lowest BCUT2D eigenvalue weighted by atomic mass is 10.0. The molecule has 3 nitrogen and oxygen atoms in total. The summed E-state index contributed by atoms with van der Waals surface area (Å²) in [7, 11) is 0. The van der Waals surface area contributed by atoms with Gasteiger partial charge in [-0.2, -0.15) is 0 Å². The zero-order chi connectivity index (χ0) is 16.1. The van der Waals surface area contributed by atoms with E-state index in [9.17, 15) is 4.79 Å². The average molecular weight is 337 g/mol. The molecule has 0 bridgehead atoms. The molecule has 1 amide bonds. The maximum Gasteiger partial charge on any atom is 0.243 e. The van der Waals surface area contributed by atoms with Gasteiger partial charge in [0.1, 0.15) is 0 Å². The monoisotopic (exact) mass is 336 g/mol. The Bertz CT molecular complexity index is 634. The van der Waals surface area contributed by atoms with Gasteiger partial charge in [0.2, 0.25) is 5.91 Å². The highest BCUT2D eigenvalue weighted by atomic mass is 35.5. The summed E-state index contributed by atoms with van der Waals surface area (Å²) < 4.78 is 0. The van der Waals surface area contributed by atoms with Gasteiger partial charge in [-0.25, -0.2) is 0 Å². The van der Waals surface area contributed by atoms with E-state index in [1.807, 2.05) is 12.1 Å². The number of carbonyl (C=O) groups excluding carboxylic acids is 1. The van der Waals surface area contributed by atoms with E-state index >= 15 is 0 Å². The van der Waals surface area contributed by atoms with Gasteiger partial charge < -0.3 is 10.6 Å². The standard InChI is InChI=1S/C17H18Cl2N2O/c1-11(2)12-6-8-13(9-7-12)20-10-16(22)21-17-14(18)4-3-5-15(17)19/h3-9,11,20H,10H2,1-2H3,(H,21,22). The summed E-state index contributed by atoms with van der Waals surface area (Å²) in [6.45, 7) is 4.43. The lowest BCUT2D eigenvalue weighted by Gasteiger charge is -2.11. The summed E-state index contributed by atoms with van der Waals surface area (Å²) in [5, 5.41) is 6.62. The topological polar surface area (TPSA) is 41.1 Å². The van der Waals surface area contributed by atoms with E-state index in [2.05, 4.69) is 36.6 Å². The van der Waals surface area contributed by atoms with Crippen LogP contribution in [0.4, 0.5) is 11.4 Å². The quantitative estimate of drug-likeness (QED) is 0.790. The summed E-state index contributed by atoms with van der Waals surface area (Å²) in [4.78, 5) is 12.0. The Hall–Kier alpha value is -1.71. The summed E-state index contributed by atoms with van der Waals surface area (Å²) in [6.07, 6.45) is 0. The minimum absolute atomic E-state index is 0.141. The van der Waals surface area contributed by atoms with Crippen LogP contribution in [0.2, 0.25) is 10.0 Å². The Morgan fingerprint density at radius 1 is 1.05 bits per heavy atom. The molecule has 0 spiro atoms. The Morgan fingerprint density at radius 2 is 1.64 bits per heavy atom. The molecule has 2 aromatic rings. The van der Waals surface area contributed by atoms with Crippen LogP contribution in [0.5, 0.6) is 0 Å². The second kappa shape index (κ2) is 7.52. The minimum Gasteiger partial charge on any atom is -0.376 e. The fourth-order valence-corrected chi connectivity index (χ4v) is 2.46. The second-order valence-corrected chi connectivity index (χ2v) is 6.09. The van der Waals surface area contributed by atoms with Gasteiger partial charge in [0.25, 0.3) is 0 Å². The second-order valence-electron chi connectivity index (χ2n) is 5.28. The van der Waals surface area contributed by atoms with Crippen molar-refractivity contribution < 1.29 is 4.79 Å². The minimum atomic E-state index is -0.206. The van der Waals surface area contributed by atoms with Crippen LogP contribution in [0.25, 0.3) is 0 Å². The van der Waals surface area contributed by atoms with Gasteiger partial charge in [-0.3, -0.25) is 4.79 Å². The first-order valence-electron chi connectivity index (χ1n) is 7.05. The summed E-state index contributed by atoms with van der Waals surface area (Å²) in [6, 6.07) is 13.1. The van der Waals surface area contributed by atoms with Crippen molar-refractivity contribution in [1.29, 1.82) is 0 Å². The van der Waals surface area contributed by atoms with E-state index in [-0.39, 0.29) is 12.5 Å². The number of anilines is 2. The summed E-state index contributed by atoms with van der Waals surface area (Å²) in [5.74, 6) is 0.280. The van der Waals surface area contributed by atoms with Crippen LogP contribution >= 0.6 is 23.2 Å². The van der Waals surface area contributed by atoms with Crippen molar-refractivity contribution in [3.8, 4) is 0 Å². The first-order chi connectivity index (χ1) is 10.5. The predicted octanol–water partition coefficient (Wildman–Crippen LogP) is 5.17. The molecule has 0 unspecified atom stereocenters. The van der Waals surface area contributed by atoms with E-state index in [1.165, 1.54) is 5.56 Å². The van der Waals surface area contributed by atoms with Crippen LogP contribution in [-0.4, -0.2) is 12.5 Å². The SMILES string of the molecule is CC(C)c1ccc(NCC(=O)Nc2c(Cl)cccc2Cl)cc1. The Labute approximate surface area is 140 Å². The Morgan fingerprint density at radius 3 is 2.18 bits per heavy atom. The molecule has 0 saturated heterocycles. The number of halogens is 2. The van der Waals surface area contributed by atoms with Crippen molar-refractivity contribution >= 4 is 40.5 Å². The first kappa shape index (κ1) is 16.7. The van der Waals surface area contributed by atoms with Crippen molar-refractivity contribution in [1.82, 2.24) is 0 Å². The van der Waals surface area contributed by atoms with Gasteiger partial charge in [0, 0.05) is 5.69 Å². The molecule has 5 heteroatoms. The van der Waals surface area contributed by atoms with Crippen molar-refractivity contribution in [2.24, 2.45) is 0 Å². The molecule has 116 valence electrons. The van der Waals surface area contributed by atoms with E-state index in [1.54, 1.807) is 18.2 Å². The molecule has 0 heterocycles. The van der Waals surface area contributed by atoms with Crippen LogP contribution < -0.4 is 10.6 Å². The molecule has 0 aromatic heterocycles. The first-order valence-corrected chi connectivity index (χ1v) is 7.80. The predicted molar refractivity (Wildman–Crippen MR) is 94.1 cm³/mol. The van der Waals surface area contributed by atoms with Crippen LogP contribution in [0.3, 0.4) is 0 Å². The molecule has 2 aromatic carbocycles. The number of rotatable bonds is 5. The van der Waals surface area contributed by atoms with E-state index in [4.69, 9.17) is 23.2 Å². The molecule has 22 heavy (non-hydrogen) atoms. The number of hydrogen-bond acceptors (Lipinski definition) is 2. The highest BCUT2D eigenvalue weighted by Gasteiger charge is 2.09. The Kier molecular flexibility index (Phi) is 5.69. The molecule has 0 atom stereocenters. The van der Waals surface area contributed by atoms with Gasteiger partial charge >= 0.3 is 0 Å². The van der Waals surface area contributed by atoms with Crippen LogP contribution in [0.1, 0.15) is 25.3 Å². The zero-order valence-electron chi connectivity index (χ0n) is 12.5. The van der Waals surface area contributed by atoms with Gasteiger partial charge in [-0.1, -0.05) is 55.2 Å². The van der Waals surface area contributed by atoms with E-state index in [0.29, 0.717) is 21.7 Å². The van der Waals surface area contributed by atoms with Gasteiger partial charge in [-0.05, 0) is 35.7 Å². The molecule has 0 radical (unpaired) electrons. The number of para-hydroxylation sites is 1. The summed E-state index contributed by atoms with van der Waals surface area (Å²) in [5.41, 5.74) is 2.59. The number of benzene rings is 2. The smallest absolute Gasteiger partial charge is 0.243 e.